The molecule has 1 heterocycles. The smallest absolute Gasteiger partial charge is 0.325 e. The molecule has 1 aromatic rings. The van der Waals surface area contributed by atoms with E-state index in [0.29, 0.717) is 23.9 Å². The van der Waals surface area contributed by atoms with Gasteiger partial charge in [0.05, 0.1) is 6.61 Å². The van der Waals surface area contributed by atoms with E-state index in [4.69, 9.17) is 10.5 Å². The van der Waals surface area contributed by atoms with Crippen molar-refractivity contribution in [1.82, 2.24) is 9.97 Å². The number of hydrogen-bond donors (Lipinski definition) is 2. The first kappa shape index (κ1) is 17.7. The van der Waals surface area contributed by atoms with Crippen molar-refractivity contribution in [3.8, 4) is 0 Å². The van der Waals surface area contributed by atoms with Gasteiger partial charge in [-0.1, -0.05) is 25.1 Å². The number of aryl methyl sites for hydroxylation is 1. The van der Waals surface area contributed by atoms with Gasteiger partial charge in [-0.2, -0.15) is 0 Å². The molecule has 1 rings (SSSR count). The van der Waals surface area contributed by atoms with Crippen molar-refractivity contribution in [2.24, 2.45) is 5.73 Å². The maximum absolute atomic E-state index is 11.7. The number of H-pyrrole nitrogens is 1. The topological polar surface area (TPSA) is 98.1 Å². The average molecular weight is 313 g/mol. The summed E-state index contributed by atoms with van der Waals surface area (Å²) in [6, 6.07) is 1.51. The number of aromatic amines is 1. The summed E-state index contributed by atoms with van der Waals surface area (Å²) < 4.78 is 4.93. The molecule has 0 aromatic carbocycles. The zero-order valence-corrected chi connectivity index (χ0v) is 13.6. The molecule has 1 aromatic heterocycles. The largest absolute Gasteiger partial charge is 0.465 e. The molecule has 7 heteroatoms. The molecule has 0 spiro atoms. The Bertz CT molecular complexity index is 528. The zero-order chi connectivity index (χ0) is 15.9. The van der Waals surface area contributed by atoms with Gasteiger partial charge in [-0.25, -0.2) is 4.98 Å². The fourth-order valence-electron chi connectivity index (χ4n) is 1.69. The van der Waals surface area contributed by atoms with Gasteiger partial charge in [-0.15, -0.1) is 0 Å². The maximum Gasteiger partial charge on any atom is 0.325 e. The predicted molar refractivity (Wildman–Crippen MR) is 83.4 cm³/mol. The lowest BCUT2D eigenvalue weighted by Gasteiger charge is -2.21. The van der Waals surface area contributed by atoms with Crippen LogP contribution in [0.15, 0.2) is 16.0 Å². The molecule has 0 amide bonds. The number of rotatable bonds is 8. The van der Waals surface area contributed by atoms with Crippen LogP contribution in [-0.4, -0.2) is 33.8 Å². The highest BCUT2D eigenvalue weighted by Crippen LogP contribution is 2.18. The molecule has 0 saturated heterocycles. The van der Waals surface area contributed by atoms with E-state index in [9.17, 15) is 9.59 Å². The third kappa shape index (κ3) is 5.89. The van der Waals surface area contributed by atoms with Crippen LogP contribution >= 0.6 is 11.8 Å². The van der Waals surface area contributed by atoms with E-state index in [1.165, 1.54) is 17.8 Å². The summed E-state index contributed by atoms with van der Waals surface area (Å²) in [5.41, 5.74) is 5.54. The molecular weight excluding hydrogens is 290 g/mol. The lowest BCUT2D eigenvalue weighted by molar-refractivity contribution is -0.149. The zero-order valence-electron chi connectivity index (χ0n) is 12.8. The second kappa shape index (κ2) is 8.19. The Morgan fingerprint density at radius 1 is 1.52 bits per heavy atom. The van der Waals surface area contributed by atoms with Crippen LogP contribution in [0.3, 0.4) is 0 Å². The highest BCUT2D eigenvalue weighted by molar-refractivity contribution is 7.99. The Balaban J connectivity index is 2.59. The van der Waals surface area contributed by atoms with Gasteiger partial charge < -0.3 is 15.5 Å². The van der Waals surface area contributed by atoms with Crippen LogP contribution in [0.1, 0.15) is 39.3 Å². The van der Waals surface area contributed by atoms with Gasteiger partial charge in [0.2, 0.25) is 0 Å². The van der Waals surface area contributed by atoms with Crippen LogP contribution in [0, 0.1) is 0 Å². The van der Waals surface area contributed by atoms with Crippen molar-refractivity contribution in [1.29, 1.82) is 0 Å². The number of nitrogens with one attached hydrogen (secondary N) is 1. The molecule has 1 atom stereocenters. The summed E-state index contributed by atoms with van der Waals surface area (Å²) in [4.78, 5) is 30.3. The number of thioether (sulfide) groups is 1. The van der Waals surface area contributed by atoms with E-state index in [-0.39, 0.29) is 5.56 Å². The molecule has 0 aliphatic heterocycles. The summed E-state index contributed by atoms with van der Waals surface area (Å²) in [6.07, 6.45) is 2.15. The molecule has 118 valence electrons. The molecule has 6 nitrogen and oxygen atoms in total. The van der Waals surface area contributed by atoms with Crippen LogP contribution in [0.5, 0.6) is 0 Å². The Morgan fingerprint density at radius 2 is 2.24 bits per heavy atom. The minimum Gasteiger partial charge on any atom is -0.465 e. The predicted octanol–water partition coefficient (Wildman–Crippen LogP) is 1.49. The number of hydrogen-bond acceptors (Lipinski definition) is 6. The Kier molecular flexibility index (Phi) is 6.91. The monoisotopic (exact) mass is 313 g/mol. The van der Waals surface area contributed by atoms with Crippen molar-refractivity contribution in [2.75, 3.05) is 12.4 Å². The number of esters is 1. The van der Waals surface area contributed by atoms with Crippen molar-refractivity contribution in [2.45, 2.75) is 50.7 Å². The van der Waals surface area contributed by atoms with Gasteiger partial charge in [-0.3, -0.25) is 9.59 Å². The highest BCUT2D eigenvalue weighted by Gasteiger charge is 2.29. The fraction of sp³-hybridized carbons (Fsp3) is 0.643. The molecule has 0 bridgehead atoms. The first-order valence-electron chi connectivity index (χ1n) is 7.08. The van der Waals surface area contributed by atoms with Gasteiger partial charge in [0.15, 0.2) is 5.16 Å². The van der Waals surface area contributed by atoms with Gasteiger partial charge in [0.25, 0.3) is 5.56 Å². The standard InChI is InChI=1S/C14H23N3O3S/c1-4-6-10-9-11(18)17-13(16-10)21-8-7-14(3,15)12(19)20-5-2/h9H,4-8,15H2,1-3H3,(H,16,17,18). The van der Waals surface area contributed by atoms with E-state index in [1.807, 2.05) is 6.92 Å². The number of carbonyl (C=O) groups excluding carboxylic acids is 1. The number of nitrogens with two attached hydrogens (primary N) is 1. The first-order valence-corrected chi connectivity index (χ1v) is 8.06. The average Bonchev–Trinajstić information content (AvgIpc) is 2.38. The number of nitrogens with zero attached hydrogens (tertiary/aromatic N) is 1. The van der Waals surface area contributed by atoms with E-state index in [2.05, 4.69) is 9.97 Å². The number of ether oxygens (including phenoxy) is 1. The molecule has 0 aliphatic rings. The minimum absolute atomic E-state index is 0.156. The van der Waals surface area contributed by atoms with Crippen LogP contribution in [0.25, 0.3) is 0 Å². The van der Waals surface area contributed by atoms with Crippen molar-refractivity contribution in [3.63, 3.8) is 0 Å². The van der Waals surface area contributed by atoms with Crippen molar-refractivity contribution < 1.29 is 9.53 Å². The first-order chi connectivity index (χ1) is 9.89. The number of aromatic nitrogens is 2. The summed E-state index contributed by atoms with van der Waals surface area (Å²) in [5.74, 6) is 0.163. The second-order valence-electron chi connectivity index (χ2n) is 5.03. The molecule has 0 saturated carbocycles. The Morgan fingerprint density at radius 3 is 2.86 bits per heavy atom. The molecule has 0 fully saturated rings. The van der Waals surface area contributed by atoms with Crippen molar-refractivity contribution in [3.05, 3.63) is 22.1 Å². The Hall–Kier alpha value is -1.34. The molecule has 21 heavy (non-hydrogen) atoms. The maximum atomic E-state index is 11.7. The lowest BCUT2D eigenvalue weighted by Crippen LogP contribution is -2.46. The van der Waals surface area contributed by atoms with Crippen LogP contribution < -0.4 is 11.3 Å². The minimum atomic E-state index is -1.02. The molecule has 0 aliphatic carbocycles. The van der Waals surface area contributed by atoms with Crippen LogP contribution in [-0.2, 0) is 16.0 Å². The van der Waals surface area contributed by atoms with Gasteiger partial charge in [0.1, 0.15) is 5.54 Å². The van der Waals surface area contributed by atoms with E-state index < -0.39 is 11.5 Å². The molecule has 0 radical (unpaired) electrons. The molecular formula is C14H23N3O3S. The summed E-state index contributed by atoms with van der Waals surface area (Å²) in [6.45, 7) is 5.74. The number of carbonyl (C=O) groups is 1. The van der Waals surface area contributed by atoms with E-state index in [1.54, 1.807) is 13.8 Å². The highest BCUT2D eigenvalue weighted by atomic mass is 32.2. The summed E-state index contributed by atoms with van der Waals surface area (Å²) >= 11 is 1.38. The third-order valence-electron chi connectivity index (χ3n) is 2.88. The quantitative estimate of drug-likeness (QED) is 0.428. The van der Waals surface area contributed by atoms with Crippen molar-refractivity contribution >= 4 is 17.7 Å². The van der Waals surface area contributed by atoms with Gasteiger partial charge in [0, 0.05) is 17.5 Å². The summed E-state index contributed by atoms with van der Waals surface area (Å²) in [5, 5.41) is 0.561. The SMILES string of the molecule is CCCc1cc(=O)[nH]c(SCCC(C)(N)C(=O)OCC)n1. The fourth-order valence-corrected chi connectivity index (χ4v) is 2.77. The van der Waals surface area contributed by atoms with Crippen LogP contribution in [0.4, 0.5) is 0 Å². The van der Waals surface area contributed by atoms with Crippen LogP contribution in [0.2, 0.25) is 0 Å². The third-order valence-corrected chi connectivity index (χ3v) is 3.76. The second-order valence-corrected chi connectivity index (χ2v) is 6.11. The molecule has 3 N–H and O–H groups in total. The lowest BCUT2D eigenvalue weighted by atomic mass is 10.0. The van der Waals surface area contributed by atoms with E-state index in [0.717, 1.165) is 18.5 Å². The Labute approximate surface area is 128 Å². The normalized spacial score (nSPS) is 13.7. The summed E-state index contributed by atoms with van der Waals surface area (Å²) in [7, 11) is 0. The van der Waals surface area contributed by atoms with Gasteiger partial charge in [-0.05, 0) is 26.7 Å². The van der Waals surface area contributed by atoms with Gasteiger partial charge >= 0.3 is 5.97 Å². The molecule has 1 unspecified atom stereocenters. The van der Waals surface area contributed by atoms with E-state index >= 15 is 0 Å².